The summed E-state index contributed by atoms with van der Waals surface area (Å²) < 4.78 is 42.6. The Morgan fingerprint density at radius 2 is 1.90 bits per heavy atom. The second kappa shape index (κ2) is 8.47. The molecule has 0 saturated carbocycles. The number of aliphatic carboxylic acids is 1. The lowest BCUT2D eigenvalue weighted by atomic mass is 10.1. The van der Waals surface area contributed by atoms with E-state index >= 15 is 0 Å². The van der Waals surface area contributed by atoms with Crippen molar-refractivity contribution in [2.45, 2.75) is 18.3 Å². The molecule has 4 heterocycles. The molecule has 29 heavy (non-hydrogen) atoms. The van der Waals surface area contributed by atoms with Gasteiger partial charge in [0.05, 0.1) is 30.6 Å². The first-order chi connectivity index (χ1) is 13.8. The van der Waals surface area contributed by atoms with Crippen LogP contribution in [0.2, 0.25) is 0 Å². The molecule has 0 bridgehead atoms. The zero-order valence-electron chi connectivity index (χ0n) is 15.0. The molecule has 2 aromatic heterocycles. The second-order valence-corrected chi connectivity index (χ2v) is 6.24. The van der Waals surface area contributed by atoms with Crippen molar-refractivity contribution in [3.8, 4) is 0 Å². The first-order valence-corrected chi connectivity index (χ1v) is 8.54. The predicted molar refractivity (Wildman–Crippen MR) is 91.2 cm³/mol. The molecule has 2 atom stereocenters. The van der Waals surface area contributed by atoms with Gasteiger partial charge in [0.15, 0.2) is 0 Å². The Morgan fingerprint density at radius 1 is 1.21 bits per heavy atom. The number of likely N-dealkylation sites (tertiary alicyclic amines) is 1. The Labute approximate surface area is 162 Å². The molecule has 2 fully saturated rings. The van der Waals surface area contributed by atoms with Gasteiger partial charge in [-0.3, -0.25) is 4.79 Å². The van der Waals surface area contributed by atoms with Crippen LogP contribution < -0.4 is 4.90 Å². The number of hydrogen-bond acceptors (Lipinski definition) is 7. The number of nitrogens with zero attached hydrogens (tertiary/aromatic N) is 4. The highest BCUT2D eigenvalue weighted by atomic mass is 19.4. The SMILES string of the molecule is O=C(O)C(F)(F)F.O=C(c1ccoc1)N1C[C@@H]2OCCN(c3ncccn3)[C@@H]2C1. The Kier molecular flexibility index (Phi) is 6.01. The van der Waals surface area contributed by atoms with E-state index in [0.29, 0.717) is 31.2 Å². The van der Waals surface area contributed by atoms with E-state index in [2.05, 4.69) is 14.9 Å². The summed E-state index contributed by atoms with van der Waals surface area (Å²) in [5.74, 6) is -2.09. The van der Waals surface area contributed by atoms with Gasteiger partial charge in [-0.05, 0) is 12.1 Å². The van der Waals surface area contributed by atoms with Crippen LogP contribution in [0.3, 0.4) is 0 Å². The third-order valence-corrected chi connectivity index (χ3v) is 4.41. The van der Waals surface area contributed by atoms with Crippen LogP contribution in [0.4, 0.5) is 19.1 Å². The Bertz CT molecular complexity index is 831. The normalized spacial score (nSPS) is 21.2. The van der Waals surface area contributed by atoms with E-state index in [1.807, 2.05) is 0 Å². The molecule has 2 aliphatic rings. The van der Waals surface area contributed by atoms with Crippen molar-refractivity contribution in [2.75, 3.05) is 31.1 Å². The minimum Gasteiger partial charge on any atom is -0.475 e. The van der Waals surface area contributed by atoms with Gasteiger partial charge in [-0.1, -0.05) is 0 Å². The largest absolute Gasteiger partial charge is 0.490 e. The summed E-state index contributed by atoms with van der Waals surface area (Å²) in [7, 11) is 0. The van der Waals surface area contributed by atoms with E-state index < -0.39 is 12.1 Å². The average Bonchev–Trinajstić information content (AvgIpc) is 3.37. The molecule has 156 valence electrons. The topological polar surface area (TPSA) is 109 Å². The quantitative estimate of drug-likeness (QED) is 0.786. The molecular formula is C17H17F3N4O5. The van der Waals surface area contributed by atoms with Crippen LogP contribution >= 0.6 is 0 Å². The molecule has 0 unspecified atom stereocenters. The molecule has 1 N–H and O–H groups in total. The Balaban J connectivity index is 0.000000298. The summed E-state index contributed by atoms with van der Waals surface area (Å²) in [6.45, 7) is 2.54. The molecule has 12 heteroatoms. The number of anilines is 1. The van der Waals surface area contributed by atoms with Crippen LogP contribution in [0.25, 0.3) is 0 Å². The Hall–Kier alpha value is -3.15. The fourth-order valence-corrected chi connectivity index (χ4v) is 3.11. The molecule has 0 radical (unpaired) electrons. The van der Waals surface area contributed by atoms with E-state index in [1.165, 1.54) is 12.5 Å². The van der Waals surface area contributed by atoms with Gasteiger partial charge in [0.25, 0.3) is 5.91 Å². The van der Waals surface area contributed by atoms with E-state index in [9.17, 15) is 18.0 Å². The van der Waals surface area contributed by atoms with Gasteiger partial charge in [-0.15, -0.1) is 0 Å². The highest BCUT2D eigenvalue weighted by Gasteiger charge is 2.43. The first-order valence-electron chi connectivity index (χ1n) is 8.54. The molecular weight excluding hydrogens is 397 g/mol. The molecule has 4 rings (SSSR count). The number of rotatable bonds is 2. The summed E-state index contributed by atoms with van der Waals surface area (Å²) in [6.07, 6.45) is 1.36. The third-order valence-electron chi connectivity index (χ3n) is 4.41. The molecule has 9 nitrogen and oxygen atoms in total. The zero-order valence-corrected chi connectivity index (χ0v) is 15.0. The van der Waals surface area contributed by atoms with E-state index in [-0.39, 0.29) is 18.1 Å². The maximum Gasteiger partial charge on any atom is 0.490 e. The van der Waals surface area contributed by atoms with Crippen LogP contribution in [-0.4, -0.2) is 76.4 Å². The van der Waals surface area contributed by atoms with Crippen LogP contribution in [0.5, 0.6) is 0 Å². The number of morpholine rings is 1. The van der Waals surface area contributed by atoms with Gasteiger partial charge >= 0.3 is 12.1 Å². The lowest BCUT2D eigenvalue weighted by Crippen LogP contribution is -2.51. The van der Waals surface area contributed by atoms with Gasteiger partial charge < -0.3 is 24.1 Å². The maximum atomic E-state index is 12.5. The van der Waals surface area contributed by atoms with E-state index in [1.54, 1.807) is 29.4 Å². The van der Waals surface area contributed by atoms with Gasteiger partial charge in [-0.25, -0.2) is 14.8 Å². The number of hydrogen-bond donors (Lipinski definition) is 1. The number of carbonyl (C=O) groups excluding carboxylic acids is 1. The van der Waals surface area contributed by atoms with Crippen molar-refractivity contribution in [1.29, 1.82) is 0 Å². The van der Waals surface area contributed by atoms with Gasteiger partial charge in [0.1, 0.15) is 6.26 Å². The van der Waals surface area contributed by atoms with Crippen LogP contribution in [0.1, 0.15) is 10.4 Å². The standard InChI is InChI=1S/C15H16N4O3.C2HF3O2/c20-14(11-2-6-21-10-11)18-8-12-13(9-18)22-7-5-19(12)15-16-3-1-4-17-15;3-2(4,5)1(6)7/h1-4,6,10,12-13H,5,7-9H2;(H,6,7)/t12-,13+;/m1./s1. The predicted octanol–water partition coefficient (Wildman–Crippen LogP) is 1.43. The average molecular weight is 414 g/mol. The Morgan fingerprint density at radius 3 is 2.48 bits per heavy atom. The molecule has 1 amide bonds. The van der Waals surface area contributed by atoms with Crippen molar-refractivity contribution >= 4 is 17.8 Å². The monoisotopic (exact) mass is 414 g/mol. The molecule has 0 aromatic carbocycles. The van der Waals surface area contributed by atoms with Crippen molar-refractivity contribution < 1.29 is 37.0 Å². The minimum absolute atomic E-state index is 0.00610. The lowest BCUT2D eigenvalue weighted by Gasteiger charge is -2.36. The molecule has 2 aromatic rings. The van der Waals surface area contributed by atoms with Crippen molar-refractivity contribution in [2.24, 2.45) is 0 Å². The van der Waals surface area contributed by atoms with Gasteiger partial charge in [0.2, 0.25) is 5.95 Å². The summed E-state index contributed by atoms with van der Waals surface area (Å²) in [6, 6.07) is 3.57. The molecule has 0 spiro atoms. The number of alkyl halides is 3. The smallest absolute Gasteiger partial charge is 0.475 e. The van der Waals surface area contributed by atoms with Crippen molar-refractivity contribution in [3.63, 3.8) is 0 Å². The summed E-state index contributed by atoms with van der Waals surface area (Å²) in [5.41, 5.74) is 0.571. The van der Waals surface area contributed by atoms with Crippen molar-refractivity contribution in [1.82, 2.24) is 14.9 Å². The van der Waals surface area contributed by atoms with Gasteiger partial charge in [0, 0.05) is 32.0 Å². The molecule has 2 aliphatic heterocycles. The van der Waals surface area contributed by atoms with E-state index in [0.717, 1.165) is 6.54 Å². The fraction of sp³-hybridized carbons (Fsp3) is 0.412. The number of ether oxygens (including phenoxy) is 1. The second-order valence-electron chi connectivity index (χ2n) is 6.24. The number of carboxylic acids is 1. The number of carboxylic acid groups (broad SMARTS) is 1. The van der Waals surface area contributed by atoms with Crippen LogP contribution in [-0.2, 0) is 9.53 Å². The lowest BCUT2D eigenvalue weighted by molar-refractivity contribution is -0.192. The highest BCUT2D eigenvalue weighted by Crippen LogP contribution is 2.26. The minimum atomic E-state index is -5.08. The molecule has 2 saturated heterocycles. The van der Waals surface area contributed by atoms with Crippen LogP contribution in [0.15, 0.2) is 41.5 Å². The summed E-state index contributed by atoms with van der Waals surface area (Å²) in [4.78, 5) is 33.9. The first kappa shape index (κ1) is 20.6. The number of aromatic nitrogens is 2. The maximum absolute atomic E-state index is 12.5. The highest BCUT2D eigenvalue weighted by molar-refractivity contribution is 5.94. The third kappa shape index (κ3) is 4.83. The fourth-order valence-electron chi connectivity index (χ4n) is 3.11. The number of furan rings is 1. The zero-order chi connectivity index (χ0) is 21.0. The number of fused-ring (bicyclic) bond motifs is 1. The summed E-state index contributed by atoms with van der Waals surface area (Å²) >= 11 is 0. The number of halogens is 3. The van der Waals surface area contributed by atoms with Crippen molar-refractivity contribution in [3.05, 3.63) is 42.6 Å². The van der Waals surface area contributed by atoms with E-state index in [4.69, 9.17) is 19.1 Å². The van der Waals surface area contributed by atoms with Crippen LogP contribution in [0, 0.1) is 0 Å². The number of amides is 1. The molecule has 0 aliphatic carbocycles. The summed E-state index contributed by atoms with van der Waals surface area (Å²) in [5, 5.41) is 7.12. The van der Waals surface area contributed by atoms with Gasteiger partial charge in [-0.2, -0.15) is 13.2 Å². The number of carbonyl (C=O) groups is 2.